The lowest BCUT2D eigenvalue weighted by molar-refractivity contribution is 0.499. The van der Waals surface area contributed by atoms with E-state index in [1.165, 1.54) is 0 Å². The lowest BCUT2D eigenvalue weighted by Gasteiger charge is -2.15. The van der Waals surface area contributed by atoms with Gasteiger partial charge in [-0.2, -0.15) is 15.0 Å². The van der Waals surface area contributed by atoms with Crippen LogP contribution in [0.5, 0.6) is 0 Å². The summed E-state index contributed by atoms with van der Waals surface area (Å²) in [5.41, 5.74) is 1.07. The highest BCUT2D eigenvalue weighted by Gasteiger charge is 2.15. The maximum Gasteiger partial charge on any atom is 0.230 e. The van der Waals surface area contributed by atoms with Crippen molar-refractivity contribution >= 4 is 23.5 Å². The average molecular weight is 296 g/mol. The Morgan fingerprint density at radius 3 is 2.50 bits per heavy atom. The molecule has 0 saturated heterocycles. The average Bonchev–Trinajstić information content (AvgIpc) is 2.67. The first kappa shape index (κ1) is 14.6. The van der Waals surface area contributed by atoms with Crippen molar-refractivity contribution in [3.8, 4) is 0 Å². The van der Waals surface area contributed by atoms with Gasteiger partial charge >= 0.3 is 0 Å². The molecule has 1 unspecified atom stereocenters. The lowest BCUT2D eigenvalue weighted by atomic mass is 10.1. The van der Waals surface area contributed by atoms with Gasteiger partial charge in [0.1, 0.15) is 11.5 Å². The summed E-state index contributed by atoms with van der Waals surface area (Å²) in [4.78, 5) is 14.2. The largest absolute Gasteiger partial charge is 0.466 e. The molecule has 0 spiro atoms. The third-order valence-corrected chi connectivity index (χ3v) is 3.06. The number of nitrogens with zero attached hydrogens (tertiary/aromatic N) is 4. The fourth-order valence-corrected chi connectivity index (χ4v) is 2.11. The van der Waals surface area contributed by atoms with Gasteiger partial charge < -0.3 is 14.6 Å². The maximum absolute atomic E-state index is 5.91. The van der Waals surface area contributed by atoms with Crippen LogP contribution < -0.4 is 10.2 Å². The minimum atomic E-state index is 0.0147. The van der Waals surface area contributed by atoms with Gasteiger partial charge in [0.25, 0.3) is 0 Å². The van der Waals surface area contributed by atoms with Crippen LogP contribution in [0.15, 0.2) is 10.5 Å². The summed E-state index contributed by atoms with van der Waals surface area (Å²) in [6.45, 7) is 5.88. The van der Waals surface area contributed by atoms with Gasteiger partial charge in [-0.3, -0.25) is 0 Å². The van der Waals surface area contributed by atoms with Gasteiger partial charge in [-0.1, -0.05) is 0 Å². The highest BCUT2D eigenvalue weighted by Crippen LogP contribution is 2.24. The van der Waals surface area contributed by atoms with E-state index < -0.39 is 0 Å². The fourth-order valence-electron chi connectivity index (χ4n) is 1.96. The molecular formula is C13H18ClN5O. The molecule has 7 heteroatoms. The van der Waals surface area contributed by atoms with Gasteiger partial charge in [0.2, 0.25) is 17.2 Å². The second-order valence-corrected chi connectivity index (χ2v) is 5.20. The van der Waals surface area contributed by atoms with Crippen LogP contribution in [0.2, 0.25) is 5.28 Å². The van der Waals surface area contributed by atoms with Crippen LogP contribution in [0.3, 0.4) is 0 Å². The Labute approximate surface area is 123 Å². The number of halogens is 1. The topological polar surface area (TPSA) is 67.1 Å². The van der Waals surface area contributed by atoms with E-state index in [0.29, 0.717) is 11.9 Å². The van der Waals surface area contributed by atoms with E-state index in [-0.39, 0.29) is 11.3 Å². The van der Waals surface area contributed by atoms with E-state index in [1.54, 1.807) is 4.90 Å². The third kappa shape index (κ3) is 3.19. The normalized spacial score (nSPS) is 12.3. The molecule has 20 heavy (non-hydrogen) atoms. The van der Waals surface area contributed by atoms with E-state index in [1.807, 2.05) is 40.9 Å². The number of nitrogens with one attached hydrogen (secondary N) is 1. The Bertz CT molecular complexity index is 611. The zero-order valence-electron chi connectivity index (χ0n) is 12.2. The van der Waals surface area contributed by atoms with E-state index in [0.717, 1.165) is 17.1 Å². The Balaban J connectivity index is 2.23. The quantitative estimate of drug-likeness (QED) is 0.935. The predicted octanol–water partition coefficient (Wildman–Crippen LogP) is 2.97. The summed E-state index contributed by atoms with van der Waals surface area (Å²) in [7, 11) is 3.70. The second kappa shape index (κ2) is 5.66. The van der Waals surface area contributed by atoms with Crippen LogP contribution in [0, 0.1) is 13.8 Å². The SMILES string of the molecule is Cc1cc(C(C)Nc2nc(Cl)nc(N(C)C)n2)c(C)o1. The van der Waals surface area contributed by atoms with Crippen LogP contribution in [0.4, 0.5) is 11.9 Å². The third-order valence-electron chi connectivity index (χ3n) is 2.89. The first-order valence-corrected chi connectivity index (χ1v) is 6.67. The van der Waals surface area contributed by atoms with Crippen molar-refractivity contribution in [2.45, 2.75) is 26.8 Å². The second-order valence-electron chi connectivity index (χ2n) is 4.86. The summed E-state index contributed by atoms with van der Waals surface area (Å²) < 4.78 is 5.53. The standard InChI is InChI=1S/C13H18ClN5O/c1-7-6-10(9(3)20-7)8(2)15-12-16-11(14)17-13(18-12)19(4)5/h6,8H,1-5H3,(H,15,16,17,18). The molecule has 2 rings (SSSR count). The van der Waals surface area contributed by atoms with Crippen molar-refractivity contribution in [2.75, 3.05) is 24.3 Å². The highest BCUT2D eigenvalue weighted by molar-refractivity contribution is 6.28. The molecule has 0 aliphatic heterocycles. The summed E-state index contributed by atoms with van der Waals surface area (Å²) in [5, 5.41) is 3.38. The molecule has 0 radical (unpaired) electrons. The molecular weight excluding hydrogens is 278 g/mol. The van der Waals surface area contributed by atoms with E-state index in [4.69, 9.17) is 16.0 Å². The van der Waals surface area contributed by atoms with Crippen molar-refractivity contribution < 1.29 is 4.42 Å². The predicted molar refractivity (Wildman–Crippen MR) is 79.4 cm³/mol. The molecule has 0 amide bonds. The molecule has 6 nitrogen and oxygen atoms in total. The van der Waals surface area contributed by atoms with Crippen LogP contribution in [0.1, 0.15) is 30.0 Å². The molecule has 2 aromatic rings. The first-order chi connectivity index (χ1) is 9.36. The Hall–Kier alpha value is -1.82. The molecule has 0 aliphatic carbocycles. The minimum absolute atomic E-state index is 0.0147. The summed E-state index contributed by atoms with van der Waals surface area (Å²) in [6, 6.07) is 2.02. The zero-order valence-corrected chi connectivity index (χ0v) is 13.0. The van der Waals surface area contributed by atoms with Crippen molar-refractivity contribution in [3.05, 3.63) is 28.4 Å². The molecule has 108 valence electrons. The van der Waals surface area contributed by atoms with E-state index >= 15 is 0 Å². The zero-order chi connectivity index (χ0) is 14.9. The number of aryl methyl sites for hydroxylation is 2. The molecule has 2 aromatic heterocycles. The monoisotopic (exact) mass is 295 g/mol. The van der Waals surface area contributed by atoms with Gasteiger partial charge in [0, 0.05) is 19.7 Å². The van der Waals surface area contributed by atoms with E-state index in [9.17, 15) is 0 Å². The smallest absolute Gasteiger partial charge is 0.230 e. The van der Waals surface area contributed by atoms with Crippen molar-refractivity contribution in [1.82, 2.24) is 15.0 Å². The Kier molecular flexibility index (Phi) is 4.13. The number of hydrogen-bond donors (Lipinski definition) is 1. The van der Waals surface area contributed by atoms with Crippen molar-refractivity contribution in [2.24, 2.45) is 0 Å². The molecule has 0 fully saturated rings. The Morgan fingerprint density at radius 2 is 1.95 bits per heavy atom. The van der Waals surface area contributed by atoms with Gasteiger partial charge in [-0.25, -0.2) is 0 Å². The first-order valence-electron chi connectivity index (χ1n) is 6.29. The van der Waals surface area contributed by atoms with Crippen LogP contribution in [0.25, 0.3) is 0 Å². The summed E-state index contributed by atoms with van der Waals surface area (Å²) in [5.74, 6) is 2.73. The van der Waals surface area contributed by atoms with Crippen LogP contribution in [-0.4, -0.2) is 29.0 Å². The van der Waals surface area contributed by atoms with Crippen LogP contribution in [-0.2, 0) is 0 Å². The molecule has 1 atom stereocenters. The molecule has 0 bridgehead atoms. The molecule has 0 aliphatic rings. The fraction of sp³-hybridized carbons (Fsp3) is 0.462. The summed E-state index contributed by atoms with van der Waals surface area (Å²) in [6.07, 6.45) is 0. The maximum atomic E-state index is 5.91. The number of hydrogen-bond acceptors (Lipinski definition) is 6. The van der Waals surface area contributed by atoms with Crippen molar-refractivity contribution in [3.63, 3.8) is 0 Å². The number of anilines is 2. The number of rotatable bonds is 4. The lowest BCUT2D eigenvalue weighted by Crippen LogP contribution is -2.16. The molecule has 1 N–H and O–H groups in total. The molecule has 0 saturated carbocycles. The van der Waals surface area contributed by atoms with Crippen LogP contribution >= 0.6 is 11.6 Å². The molecule has 0 aromatic carbocycles. The highest BCUT2D eigenvalue weighted by atomic mass is 35.5. The minimum Gasteiger partial charge on any atom is -0.466 e. The van der Waals surface area contributed by atoms with E-state index in [2.05, 4.69) is 20.3 Å². The summed E-state index contributed by atoms with van der Waals surface area (Å²) >= 11 is 5.91. The van der Waals surface area contributed by atoms with Gasteiger partial charge in [-0.05, 0) is 38.4 Å². The number of aromatic nitrogens is 3. The van der Waals surface area contributed by atoms with Gasteiger partial charge in [0.15, 0.2) is 0 Å². The Morgan fingerprint density at radius 1 is 1.25 bits per heavy atom. The van der Waals surface area contributed by atoms with Gasteiger partial charge in [0.05, 0.1) is 6.04 Å². The van der Waals surface area contributed by atoms with Gasteiger partial charge in [-0.15, -0.1) is 0 Å². The molecule has 2 heterocycles. The van der Waals surface area contributed by atoms with Crippen molar-refractivity contribution in [1.29, 1.82) is 0 Å². The number of furan rings is 1.